The van der Waals surface area contributed by atoms with E-state index in [2.05, 4.69) is 13.5 Å². The molecule has 0 saturated heterocycles. The zero-order valence-corrected chi connectivity index (χ0v) is 24.7. The molecule has 0 spiro atoms. The monoisotopic (exact) mass is 530 g/mol. The van der Waals surface area contributed by atoms with Crippen molar-refractivity contribution in [3.05, 3.63) is 12.8 Å². The highest BCUT2D eigenvalue weighted by molar-refractivity contribution is 5.30. The number of rotatable bonds is 8. The fraction of sp³-hybridized carbons (Fsp3) is 0.946. The van der Waals surface area contributed by atoms with Crippen LogP contribution in [0.4, 0.5) is 0 Å². The smallest absolute Gasteiger partial charge is 0.0904 e. The Morgan fingerprint density at radius 2 is 1.62 bits per heavy atom. The van der Waals surface area contributed by atoms with Crippen LogP contribution in [0.1, 0.15) is 90.4 Å². The maximum absolute atomic E-state index is 6.61. The molecule has 0 amide bonds. The van der Waals surface area contributed by atoms with Crippen molar-refractivity contribution in [2.45, 2.75) is 90.4 Å². The van der Waals surface area contributed by atoms with Gasteiger partial charge in [0.1, 0.15) is 0 Å². The molecule has 18 atom stereocenters. The molecule has 10 fully saturated rings. The van der Waals surface area contributed by atoms with Gasteiger partial charge in [-0.1, -0.05) is 19.9 Å². The van der Waals surface area contributed by atoms with Crippen LogP contribution in [0, 0.1) is 106 Å². The van der Waals surface area contributed by atoms with E-state index >= 15 is 0 Å². The third kappa shape index (κ3) is 2.65. The maximum Gasteiger partial charge on any atom is 0.0904 e. The second-order valence-electron chi connectivity index (χ2n) is 17.4. The predicted molar refractivity (Wildman–Crippen MR) is 153 cm³/mol. The predicted octanol–water partition coefficient (Wildman–Crippen LogP) is 8.22. The van der Waals surface area contributed by atoms with Crippen molar-refractivity contribution in [3.8, 4) is 0 Å². The van der Waals surface area contributed by atoms with Crippen LogP contribution in [0.3, 0.4) is 0 Å². The van der Waals surface area contributed by atoms with E-state index in [9.17, 15) is 0 Å². The van der Waals surface area contributed by atoms with Gasteiger partial charge < -0.3 is 9.47 Å². The molecule has 10 saturated carbocycles. The fourth-order valence-corrected chi connectivity index (χ4v) is 17.5. The lowest BCUT2D eigenvalue weighted by Gasteiger charge is -2.60. The van der Waals surface area contributed by atoms with E-state index in [4.69, 9.17) is 9.47 Å². The third-order valence-corrected chi connectivity index (χ3v) is 17.3. The highest BCUT2D eigenvalue weighted by Gasteiger charge is 2.83. The Morgan fingerprint density at radius 3 is 2.49 bits per heavy atom. The summed E-state index contributed by atoms with van der Waals surface area (Å²) in [6, 6.07) is 0. The quantitative estimate of drug-likeness (QED) is 0.179. The number of ether oxygens (including phenoxy) is 2. The molecule has 18 unspecified atom stereocenters. The lowest BCUT2D eigenvalue weighted by atomic mass is 9.44. The normalized spacial score (nSPS) is 63.6. The van der Waals surface area contributed by atoms with Crippen molar-refractivity contribution in [3.63, 3.8) is 0 Å². The molecule has 10 aliphatic rings. The summed E-state index contributed by atoms with van der Waals surface area (Å²) in [5.41, 5.74) is 1.20. The minimum atomic E-state index is 0.599. The van der Waals surface area contributed by atoms with Crippen LogP contribution in [0.25, 0.3) is 0 Å². The van der Waals surface area contributed by atoms with E-state index in [0.29, 0.717) is 10.8 Å². The molecular formula is C37H54O2. The van der Waals surface area contributed by atoms with Gasteiger partial charge in [-0.15, -0.1) is 0 Å². The highest BCUT2D eigenvalue weighted by Crippen LogP contribution is 2.88. The van der Waals surface area contributed by atoms with Gasteiger partial charge in [-0.2, -0.15) is 0 Å². The molecule has 2 heteroatoms. The molecule has 8 bridgehead atoms. The van der Waals surface area contributed by atoms with Gasteiger partial charge in [0.15, 0.2) is 0 Å². The number of fused-ring (bicyclic) bond motifs is 24. The lowest BCUT2D eigenvalue weighted by Crippen LogP contribution is -2.56. The van der Waals surface area contributed by atoms with Crippen LogP contribution in [-0.2, 0) is 9.47 Å². The number of hydrogen-bond acceptors (Lipinski definition) is 2. The van der Waals surface area contributed by atoms with Gasteiger partial charge in [0.05, 0.1) is 12.9 Å². The van der Waals surface area contributed by atoms with Crippen molar-refractivity contribution in [1.29, 1.82) is 0 Å². The van der Waals surface area contributed by atoms with E-state index in [-0.39, 0.29) is 0 Å². The molecule has 214 valence electrons. The van der Waals surface area contributed by atoms with E-state index in [1.54, 1.807) is 70.5 Å². The Hall–Kier alpha value is -0.500. The van der Waals surface area contributed by atoms with Gasteiger partial charge in [-0.05, 0) is 183 Å². The zero-order chi connectivity index (χ0) is 25.7. The minimum Gasteiger partial charge on any atom is -0.502 e. The van der Waals surface area contributed by atoms with Crippen LogP contribution in [0.2, 0.25) is 0 Å². The Kier molecular flexibility index (Phi) is 4.99. The van der Waals surface area contributed by atoms with Crippen molar-refractivity contribution in [1.82, 2.24) is 0 Å². The average molecular weight is 531 g/mol. The number of hydrogen-bond donors (Lipinski definition) is 0. The molecule has 0 aromatic heterocycles. The highest BCUT2D eigenvalue weighted by atomic mass is 16.5. The van der Waals surface area contributed by atoms with Crippen LogP contribution in [0.15, 0.2) is 12.8 Å². The van der Waals surface area contributed by atoms with Crippen LogP contribution < -0.4 is 0 Å². The largest absolute Gasteiger partial charge is 0.502 e. The minimum absolute atomic E-state index is 0.599. The first kappa shape index (κ1) is 24.0. The molecule has 0 aliphatic heterocycles. The zero-order valence-electron chi connectivity index (χ0n) is 24.7. The maximum atomic E-state index is 6.61. The average Bonchev–Trinajstić information content (AvgIpc) is 3.78. The molecule has 0 heterocycles. The molecule has 0 N–H and O–H groups in total. The summed E-state index contributed by atoms with van der Waals surface area (Å²) in [5, 5.41) is 0. The van der Waals surface area contributed by atoms with E-state index < -0.39 is 0 Å². The topological polar surface area (TPSA) is 18.5 Å². The van der Waals surface area contributed by atoms with Crippen molar-refractivity contribution >= 4 is 0 Å². The van der Waals surface area contributed by atoms with Gasteiger partial charge in [0.25, 0.3) is 0 Å². The second-order valence-corrected chi connectivity index (χ2v) is 17.4. The van der Waals surface area contributed by atoms with Crippen molar-refractivity contribution in [2.24, 2.45) is 106 Å². The molecule has 10 aliphatic carbocycles. The van der Waals surface area contributed by atoms with Gasteiger partial charge in [0.2, 0.25) is 0 Å². The van der Waals surface area contributed by atoms with Gasteiger partial charge in [-0.3, -0.25) is 0 Å². The first-order chi connectivity index (χ1) is 19.2. The van der Waals surface area contributed by atoms with Crippen molar-refractivity contribution < 1.29 is 9.47 Å². The van der Waals surface area contributed by atoms with Crippen LogP contribution in [-0.4, -0.2) is 19.8 Å². The van der Waals surface area contributed by atoms with Crippen LogP contribution >= 0.6 is 0 Å². The van der Waals surface area contributed by atoms with E-state index in [1.807, 2.05) is 0 Å². The Labute approximate surface area is 237 Å². The molecule has 0 aromatic rings. The third-order valence-electron chi connectivity index (χ3n) is 17.3. The molecule has 0 radical (unpaired) electrons. The van der Waals surface area contributed by atoms with Crippen LogP contribution in [0.5, 0.6) is 0 Å². The Balaban J connectivity index is 1.10. The van der Waals surface area contributed by atoms with Gasteiger partial charge in [-0.25, -0.2) is 0 Å². The van der Waals surface area contributed by atoms with E-state index in [0.717, 1.165) is 115 Å². The summed E-state index contributed by atoms with van der Waals surface area (Å²) >= 11 is 0. The van der Waals surface area contributed by atoms with E-state index in [1.165, 1.54) is 19.3 Å². The molecule has 2 nitrogen and oxygen atoms in total. The summed E-state index contributed by atoms with van der Waals surface area (Å²) in [7, 11) is 0. The fourth-order valence-electron chi connectivity index (χ4n) is 17.5. The van der Waals surface area contributed by atoms with Crippen molar-refractivity contribution in [2.75, 3.05) is 19.8 Å². The standard InChI is InChI=1S/C37H54O2/c1-3-10-39-19-24-12-22-16-37(24,35-29-13-28(33(22)35)25-6-5-7-26(25)29)36-15-23(18-38-4-2)30(17-36)34-31(36)14-27-20-8-9-21(11-20)32(27)34/h4,20-35H,2-3,5-19H2,1H3. The molecule has 39 heavy (non-hydrogen) atoms. The molecule has 10 rings (SSSR count). The van der Waals surface area contributed by atoms with Gasteiger partial charge >= 0.3 is 0 Å². The summed E-state index contributed by atoms with van der Waals surface area (Å²) in [5.74, 6) is 16.7. The molecule has 0 aromatic carbocycles. The summed E-state index contributed by atoms with van der Waals surface area (Å²) in [6.07, 6.45) is 21.9. The summed E-state index contributed by atoms with van der Waals surface area (Å²) in [6.45, 7) is 9.32. The second kappa shape index (κ2) is 8.11. The lowest BCUT2D eigenvalue weighted by molar-refractivity contribution is -0.145. The first-order valence-corrected chi connectivity index (χ1v) is 18.0. The Bertz CT molecular complexity index is 1040. The Morgan fingerprint density at radius 1 is 0.744 bits per heavy atom. The summed E-state index contributed by atoms with van der Waals surface area (Å²) in [4.78, 5) is 0. The first-order valence-electron chi connectivity index (χ1n) is 18.0. The SMILES string of the molecule is C=COCC1CC2(C34CC(CC3COCCC)C3C5CC(C6CCCC65)C34)CC1C1C3C4CCC(C4)C3CC12. The molecular weight excluding hydrogens is 476 g/mol. The summed E-state index contributed by atoms with van der Waals surface area (Å²) < 4.78 is 12.7. The van der Waals surface area contributed by atoms with Gasteiger partial charge in [0, 0.05) is 13.2 Å².